The Morgan fingerprint density at radius 2 is 1.76 bits per heavy atom. The smallest absolute Gasteiger partial charge is 0.259 e. The predicted molar refractivity (Wildman–Crippen MR) is 128 cm³/mol. The Kier molecular flexibility index (Phi) is 8.69. The molecule has 170 valence electrons. The van der Waals surface area contributed by atoms with E-state index in [4.69, 9.17) is 32.7 Å². The van der Waals surface area contributed by atoms with Gasteiger partial charge in [0, 0.05) is 5.02 Å². The van der Waals surface area contributed by atoms with Gasteiger partial charge >= 0.3 is 0 Å². The van der Waals surface area contributed by atoms with E-state index >= 15 is 0 Å². The number of methoxy groups -OCH3 is 1. The summed E-state index contributed by atoms with van der Waals surface area (Å²) in [6, 6.07) is 19.2. The molecule has 0 aliphatic heterocycles. The van der Waals surface area contributed by atoms with Crippen molar-refractivity contribution < 1.29 is 19.1 Å². The van der Waals surface area contributed by atoms with Crippen molar-refractivity contribution in [1.29, 1.82) is 0 Å². The van der Waals surface area contributed by atoms with Crippen LogP contribution in [-0.4, -0.2) is 31.7 Å². The van der Waals surface area contributed by atoms with Gasteiger partial charge in [-0.15, -0.1) is 0 Å². The van der Waals surface area contributed by atoms with Crippen LogP contribution in [0, 0.1) is 0 Å². The zero-order valence-electron chi connectivity index (χ0n) is 17.7. The number of hydrogen-bond donors (Lipinski definition) is 2. The molecule has 0 aromatic heterocycles. The van der Waals surface area contributed by atoms with E-state index in [9.17, 15) is 9.59 Å². The molecule has 0 bridgehead atoms. The lowest BCUT2D eigenvalue weighted by Crippen LogP contribution is -2.35. The molecule has 2 N–H and O–H groups in total. The Morgan fingerprint density at radius 3 is 2.48 bits per heavy atom. The average Bonchev–Trinajstić information content (AvgIpc) is 2.83. The Morgan fingerprint density at radius 1 is 1.00 bits per heavy atom. The number of hydrogen-bond acceptors (Lipinski definition) is 5. The monoisotopic (exact) mass is 485 g/mol. The van der Waals surface area contributed by atoms with Gasteiger partial charge in [0.05, 0.1) is 30.5 Å². The summed E-state index contributed by atoms with van der Waals surface area (Å²) in [5.74, 6) is 0.155. The minimum absolute atomic E-state index is 0.248. The van der Waals surface area contributed by atoms with Crippen molar-refractivity contribution in [2.75, 3.05) is 13.7 Å². The molecule has 0 radical (unpaired) electrons. The molecule has 0 spiro atoms. The second-order valence-electron chi connectivity index (χ2n) is 6.78. The van der Waals surface area contributed by atoms with Gasteiger partial charge in [-0.1, -0.05) is 47.5 Å². The molecule has 3 aromatic rings. The lowest BCUT2D eigenvalue weighted by molar-refractivity contribution is -0.120. The number of nitrogens with zero attached hydrogens (tertiary/aromatic N) is 1. The maximum Gasteiger partial charge on any atom is 0.259 e. The zero-order valence-corrected chi connectivity index (χ0v) is 19.2. The fourth-order valence-electron chi connectivity index (χ4n) is 2.74. The van der Waals surface area contributed by atoms with Gasteiger partial charge in [0.25, 0.3) is 11.8 Å². The van der Waals surface area contributed by atoms with Crippen LogP contribution in [0.5, 0.6) is 11.5 Å². The van der Waals surface area contributed by atoms with Crippen molar-refractivity contribution >= 4 is 41.2 Å². The van der Waals surface area contributed by atoms with Crippen LogP contribution >= 0.6 is 23.2 Å². The lowest BCUT2D eigenvalue weighted by Gasteiger charge is -2.11. The van der Waals surface area contributed by atoms with E-state index in [0.29, 0.717) is 39.3 Å². The van der Waals surface area contributed by atoms with Crippen molar-refractivity contribution in [3.05, 3.63) is 93.5 Å². The second kappa shape index (κ2) is 11.9. The Balaban J connectivity index is 1.50. The van der Waals surface area contributed by atoms with Crippen LogP contribution < -0.4 is 20.2 Å². The van der Waals surface area contributed by atoms with Gasteiger partial charge in [0.1, 0.15) is 6.61 Å². The molecule has 0 saturated carbocycles. The van der Waals surface area contributed by atoms with E-state index in [0.717, 1.165) is 5.56 Å². The van der Waals surface area contributed by atoms with Gasteiger partial charge < -0.3 is 14.8 Å². The molecule has 2 amide bonds. The Bertz CT molecular complexity index is 1150. The third kappa shape index (κ3) is 7.24. The third-order valence-corrected chi connectivity index (χ3v) is 5.01. The quantitative estimate of drug-likeness (QED) is 0.345. The Hall–Kier alpha value is -3.55. The van der Waals surface area contributed by atoms with Crippen LogP contribution in [-0.2, 0) is 11.4 Å². The molecule has 0 saturated heterocycles. The molecule has 0 aliphatic rings. The first-order valence-electron chi connectivity index (χ1n) is 9.86. The summed E-state index contributed by atoms with van der Waals surface area (Å²) in [6.45, 7) is 0.110. The normalized spacial score (nSPS) is 10.6. The van der Waals surface area contributed by atoms with E-state index in [1.54, 1.807) is 54.6 Å². The number of benzene rings is 3. The fraction of sp³-hybridized carbons (Fsp3) is 0.125. The topological polar surface area (TPSA) is 89.0 Å². The van der Waals surface area contributed by atoms with Gasteiger partial charge in [-0.25, -0.2) is 5.43 Å². The van der Waals surface area contributed by atoms with Crippen molar-refractivity contribution in [1.82, 2.24) is 10.7 Å². The summed E-state index contributed by atoms with van der Waals surface area (Å²) in [6.07, 6.45) is 1.46. The number of carbonyl (C=O) groups is 2. The first-order chi connectivity index (χ1) is 16.0. The SMILES string of the molecule is COc1cc(C=NNC(=O)CNC(=O)c2ccccc2Cl)ccc1OCc1ccc(Cl)cc1. The van der Waals surface area contributed by atoms with Gasteiger partial charge in [0.15, 0.2) is 11.5 Å². The second-order valence-corrected chi connectivity index (χ2v) is 7.62. The van der Waals surface area contributed by atoms with Crippen LogP contribution in [0.25, 0.3) is 0 Å². The molecular formula is C24H21Cl2N3O4. The highest BCUT2D eigenvalue weighted by Gasteiger charge is 2.11. The van der Waals surface area contributed by atoms with Gasteiger partial charge in [-0.2, -0.15) is 5.10 Å². The van der Waals surface area contributed by atoms with E-state index < -0.39 is 11.8 Å². The highest BCUT2D eigenvalue weighted by atomic mass is 35.5. The largest absolute Gasteiger partial charge is 0.493 e. The third-order valence-electron chi connectivity index (χ3n) is 4.43. The maximum absolute atomic E-state index is 12.1. The molecule has 0 atom stereocenters. The van der Waals surface area contributed by atoms with Crippen LogP contribution in [0.1, 0.15) is 21.5 Å². The van der Waals surface area contributed by atoms with Gasteiger partial charge in [0.2, 0.25) is 0 Å². The Labute approximate surface area is 201 Å². The summed E-state index contributed by atoms with van der Waals surface area (Å²) >= 11 is 11.9. The molecule has 0 aliphatic carbocycles. The number of hydrazone groups is 1. The van der Waals surface area contributed by atoms with E-state index in [2.05, 4.69) is 15.8 Å². The van der Waals surface area contributed by atoms with Crippen LogP contribution in [0.4, 0.5) is 0 Å². The molecule has 9 heteroatoms. The standard InChI is InChI=1S/C24H21Cl2N3O4/c1-32-22-12-17(8-11-21(22)33-15-16-6-9-18(25)10-7-16)13-28-29-23(30)14-27-24(31)19-4-2-3-5-20(19)26/h2-13H,14-15H2,1H3,(H,27,31)(H,29,30). The first-order valence-corrected chi connectivity index (χ1v) is 10.6. The molecule has 0 fully saturated rings. The number of amides is 2. The fourth-order valence-corrected chi connectivity index (χ4v) is 3.09. The number of carbonyl (C=O) groups excluding carboxylic acids is 2. The maximum atomic E-state index is 12.1. The highest BCUT2D eigenvalue weighted by Crippen LogP contribution is 2.28. The number of nitrogens with one attached hydrogen (secondary N) is 2. The van der Waals surface area contributed by atoms with Crippen molar-refractivity contribution in [2.24, 2.45) is 5.10 Å². The minimum atomic E-state index is -0.485. The molecule has 3 aromatic carbocycles. The highest BCUT2D eigenvalue weighted by molar-refractivity contribution is 6.33. The van der Waals surface area contributed by atoms with Gasteiger partial charge in [-0.05, 0) is 53.6 Å². The summed E-state index contributed by atoms with van der Waals surface area (Å²) in [7, 11) is 1.54. The van der Waals surface area contributed by atoms with Crippen LogP contribution in [0.15, 0.2) is 71.8 Å². The van der Waals surface area contributed by atoms with Crippen LogP contribution in [0.2, 0.25) is 10.0 Å². The van der Waals surface area contributed by atoms with Crippen LogP contribution in [0.3, 0.4) is 0 Å². The summed E-state index contributed by atoms with van der Waals surface area (Å²) in [5, 5.41) is 7.37. The average molecular weight is 486 g/mol. The van der Waals surface area contributed by atoms with E-state index in [1.807, 2.05) is 12.1 Å². The predicted octanol–water partition coefficient (Wildman–Crippen LogP) is 4.46. The van der Waals surface area contributed by atoms with Crippen molar-refractivity contribution in [3.63, 3.8) is 0 Å². The molecular weight excluding hydrogens is 465 g/mol. The minimum Gasteiger partial charge on any atom is -0.493 e. The number of halogens is 2. The first kappa shape index (κ1) is 24.1. The molecule has 0 unspecified atom stereocenters. The summed E-state index contributed by atoms with van der Waals surface area (Å²) < 4.78 is 11.2. The molecule has 7 nitrogen and oxygen atoms in total. The van der Waals surface area contributed by atoms with Crippen molar-refractivity contribution in [3.8, 4) is 11.5 Å². The zero-order chi connectivity index (χ0) is 23.6. The van der Waals surface area contributed by atoms with Gasteiger partial charge in [-0.3, -0.25) is 9.59 Å². The molecule has 33 heavy (non-hydrogen) atoms. The summed E-state index contributed by atoms with van der Waals surface area (Å²) in [5.41, 5.74) is 4.30. The van der Waals surface area contributed by atoms with Crippen molar-refractivity contribution in [2.45, 2.75) is 6.61 Å². The number of rotatable bonds is 9. The summed E-state index contributed by atoms with van der Waals surface area (Å²) in [4.78, 5) is 24.0. The lowest BCUT2D eigenvalue weighted by atomic mass is 10.2. The van der Waals surface area contributed by atoms with E-state index in [1.165, 1.54) is 13.3 Å². The molecule has 0 heterocycles. The van der Waals surface area contributed by atoms with E-state index in [-0.39, 0.29) is 6.54 Å². The number of ether oxygens (including phenoxy) is 2. The molecule has 3 rings (SSSR count).